The Morgan fingerprint density at radius 3 is 2.13 bits per heavy atom. The van der Waals surface area contributed by atoms with Crippen molar-refractivity contribution < 1.29 is 27.0 Å². The number of carbonyl (C=O) groups excluding carboxylic acids is 2. The number of rotatable bonds is 5. The van der Waals surface area contributed by atoms with Gasteiger partial charge in [0.2, 0.25) is 0 Å². The second-order valence-corrected chi connectivity index (χ2v) is 13.6. The van der Waals surface area contributed by atoms with Gasteiger partial charge in [-0.05, 0) is 100 Å². The summed E-state index contributed by atoms with van der Waals surface area (Å²) in [7, 11) is -5.34. The summed E-state index contributed by atoms with van der Waals surface area (Å²) in [6, 6.07) is 15.9. The lowest BCUT2D eigenvalue weighted by Gasteiger charge is -2.30. The molecule has 0 bridgehead atoms. The fraction of sp³-hybridized carbons (Fsp3) is 0.286. The van der Waals surface area contributed by atoms with Crippen LogP contribution in [0.4, 0.5) is 11.4 Å². The topological polar surface area (TPSA) is 110 Å². The lowest BCUT2D eigenvalue weighted by molar-refractivity contribution is 0.00694. The molecular formula is C28H30N2O6S2. The molecule has 0 aliphatic carbocycles. The molecule has 1 aliphatic heterocycles. The van der Waals surface area contributed by atoms with Crippen LogP contribution in [0.2, 0.25) is 0 Å². The Hall–Kier alpha value is -3.50. The standard InChI is InChI=1S/C28H30N2O6S2/c1-18-14-19(2)16-23(15-18)38(34,35)30-12-13-37(33)25-11-8-21(17-24(25)30)26(31)29-22-9-6-20(7-10-22)27(32)36-28(3,4)5/h6-11,14-17H,12-13H2,1-5H3,(H,29,31). The number of nitrogens with zero attached hydrogens (tertiary/aromatic N) is 1. The third-order valence-corrected chi connectivity index (χ3v) is 8.96. The Morgan fingerprint density at radius 2 is 1.53 bits per heavy atom. The van der Waals surface area contributed by atoms with Gasteiger partial charge in [-0.15, -0.1) is 0 Å². The molecule has 1 amide bonds. The maximum Gasteiger partial charge on any atom is 0.338 e. The van der Waals surface area contributed by atoms with Gasteiger partial charge in [0.15, 0.2) is 0 Å². The van der Waals surface area contributed by atoms with E-state index in [1.165, 1.54) is 22.5 Å². The largest absolute Gasteiger partial charge is 0.456 e. The molecule has 3 aromatic rings. The lowest BCUT2D eigenvalue weighted by atomic mass is 10.1. The zero-order chi connectivity index (χ0) is 27.8. The van der Waals surface area contributed by atoms with Crippen LogP contribution in [0.25, 0.3) is 0 Å². The summed E-state index contributed by atoms with van der Waals surface area (Å²) >= 11 is 0. The third-order valence-electron chi connectivity index (χ3n) is 5.78. The molecule has 1 heterocycles. The zero-order valence-corrected chi connectivity index (χ0v) is 23.5. The van der Waals surface area contributed by atoms with E-state index in [4.69, 9.17) is 4.74 Å². The predicted molar refractivity (Wildman–Crippen MR) is 148 cm³/mol. The minimum atomic E-state index is -3.95. The summed E-state index contributed by atoms with van der Waals surface area (Å²) in [5.74, 6) is -0.784. The molecule has 0 saturated heterocycles. The average Bonchev–Trinajstić information content (AvgIpc) is 2.82. The zero-order valence-electron chi connectivity index (χ0n) is 21.9. The van der Waals surface area contributed by atoms with Crippen LogP contribution in [0.3, 0.4) is 0 Å². The number of esters is 1. The maximum atomic E-state index is 13.6. The summed E-state index contributed by atoms with van der Waals surface area (Å²) in [5.41, 5.74) is 2.23. The van der Waals surface area contributed by atoms with Gasteiger partial charge in [0.05, 0.1) is 31.8 Å². The van der Waals surface area contributed by atoms with Crippen molar-refractivity contribution >= 4 is 44.1 Å². The Morgan fingerprint density at radius 1 is 0.921 bits per heavy atom. The number of benzene rings is 3. The fourth-order valence-corrected chi connectivity index (χ4v) is 7.16. The van der Waals surface area contributed by atoms with Crippen molar-refractivity contribution in [1.82, 2.24) is 0 Å². The monoisotopic (exact) mass is 554 g/mol. The molecule has 0 aromatic heterocycles. The number of anilines is 2. The van der Waals surface area contributed by atoms with E-state index in [-0.39, 0.29) is 28.4 Å². The molecule has 1 atom stereocenters. The maximum absolute atomic E-state index is 13.6. The number of ether oxygens (including phenoxy) is 1. The molecule has 200 valence electrons. The van der Waals surface area contributed by atoms with E-state index < -0.39 is 38.3 Å². The molecule has 1 unspecified atom stereocenters. The summed E-state index contributed by atoms with van der Waals surface area (Å²) in [4.78, 5) is 25.8. The molecule has 38 heavy (non-hydrogen) atoms. The van der Waals surface area contributed by atoms with Crippen LogP contribution in [0.15, 0.2) is 70.5 Å². The van der Waals surface area contributed by atoms with Gasteiger partial charge in [-0.3, -0.25) is 13.3 Å². The molecule has 8 nitrogen and oxygen atoms in total. The average molecular weight is 555 g/mol. The van der Waals surface area contributed by atoms with Crippen LogP contribution < -0.4 is 9.62 Å². The number of carbonyl (C=O) groups is 2. The van der Waals surface area contributed by atoms with Crippen LogP contribution in [0, 0.1) is 13.8 Å². The van der Waals surface area contributed by atoms with Crippen LogP contribution >= 0.6 is 0 Å². The van der Waals surface area contributed by atoms with E-state index in [9.17, 15) is 22.2 Å². The minimum absolute atomic E-state index is 0.0339. The number of amides is 1. The number of aryl methyl sites for hydroxylation is 2. The highest BCUT2D eigenvalue weighted by Gasteiger charge is 2.33. The summed E-state index contributed by atoms with van der Waals surface area (Å²) in [6.07, 6.45) is 0. The van der Waals surface area contributed by atoms with Gasteiger partial charge < -0.3 is 10.1 Å². The van der Waals surface area contributed by atoms with Gasteiger partial charge in [-0.25, -0.2) is 13.2 Å². The van der Waals surface area contributed by atoms with Crippen molar-refractivity contribution in [2.45, 2.75) is 50.0 Å². The highest BCUT2D eigenvalue weighted by Crippen LogP contribution is 2.34. The molecule has 1 aliphatic rings. The number of hydrogen-bond acceptors (Lipinski definition) is 6. The summed E-state index contributed by atoms with van der Waals surface area (Å²) in [6.45, 7) is 9.03. The number of hydrogen-bond donors (Lipinski definition) is 1. The molecule has 10 heteroatoms. The van der Waals surface area contributed by atoms with Crippen molar-refractivity contribution in [2.24, 2.45) is 0 Å². The number of nitrogens with one attached hydrogen (secondary N) is 1. The highest BCUT2D eigenvalue weighted by molar-refractivity contribution is 7.93. The highest BCUT2D eigenvalue weighted by atomic mass is 32.2. The van der Waals surface area contributed by atoms with E-state index in [2.05, 4.69) is 5.32 Å². The van der Waals surface area contributed by atoms with Crippen LogP contribution in [0.5, 0.6) is 0 Å². The van der Waals surface area contributed by atoms with Gasteiger partial charge in [-0.1, -0.05) is 6.07 Å². The molecule has 0 spiro atoms. The van der Waals surface area contributed by atoms with Crippen LogP contribution in [-0.2, 0) is 25.6 Å². The Labute approximate surface area is 225 Å². The smallest absolute Gasteiger partial charge is 0.338 e. The Balaban J connectivity index is 1.61. The molecule has 1 N–H and O–H groups in total. The first-order valence-electron chi connectivity index (χ1n) is 12.0. The Kier molecular flexibility index (Phi) is 7.49. The summed E-state index contributed by atoms with van der Waals surface area (Å²) in [5, 5.41) is 2.76. The molecule has 3 aromatic carbocycles. The Bertz CT molecular complexity index is 1520. The van der Waals surface area contributed by atoms with Crippen molar-refractivity contribution in [3.8, 4) is 0 Å². The molecular weight excluding hydrogens is 524 g/mol. The van der Waals surface area contributed by atoms with E-state index in [1.54, 1.807) is 57.2 Å². The third kappa shape index (κ3) is 5.97. The molecule has 4 rings (SSSR count). The van der Waals surface area contributed by atoms with Crippen LogP contribution in [0.1, 0.15) is 52.6 Å². The second-order valence-electron chi connectivity index (χ2n) is 10.2. The van der Waals surface area contributed by atoms with Gasteiger partial charge in [-0.2, -0.15) is 0 Å². The SMILES string of the molecule is Cc1cc(C)cc(S(=O)(=O)N2CCS(=O)c3ccc(C(=O)Nc4ccc(C(=O)OC(C)(C)C)cc4)cc32)c1. The first kappa shape index (κ1) is 27.5. The molecule has 0 fully saturated rings. The second kappa shape index (κ2) is 10.3. The van der Waals surface area contributed by atoms with E-state index in [0.717, 1.165) is 11.1 Å². The van der Waals surface area contributed by atoms with E-state index >= 15 is 0 Å². The van der Waals surface area contributed by atoms with Gasteiger partial charge in [0, 0.05) is 23.5 Å². The van der Waals surface area contributed by atoms with Gasteiger partial charge in [0.1, 0.15) is 5.60 Å². The van der Waals surface area contributed by atoms with E-state index in [0.29, 0.717) is 16.1 Å². The van der Waals surface area contributed by atoms with Gasteiger partial charge in [0.25, 0.3) is 15.9 Å². The quantitative estimate of drug-likeness (QED) is 0.453. The number of sulfonamides is 1. The fourth-order valence-electron chi connectivity index (χ4n) is 4.13. The lowest BCUT2D eigenvalue weighted by Crippen LogP contribution is -2.38. The van der Waals surface area contributed by atoms with Crippen molar-refractivity contribution in [3.63, 3.8) is 0 Å². The minimum Gasteiger partial charge on any atom is -0.456 e. The van der Waals surface area contributed by atoms with Crippen molar-refractivity contribution in [2.75, 3.05) is 21.9 Å². The van der Waals surface area contributed by atoms with Crippen LogP contribution in [-0.4, -0.2) is 42.4 Å². The molecule has 0 saturated carbocycles. The number of fused-ring (bicyclic) bond motifs is 1. The van der Waals surface area contributed by atoms with E-state index in [1.807, 2.05) is 19.9 Å². The summed E-state index contributed by atoms with van der Waals surface area (Å²) < 4.78 is 46.5. The molecule has 0 radical (unpaired) electrons. The normalized spacial score (nSPS) is 15.5. The first-order valence-corrected chi connectivity index (χ1v) is 14.8. The van der Waals surface area contributed by atoms with Crippen molar-refractivity contribution in [3.05, 3.63) is 82.9 Å². The van der Waals surface area contributed by atoms with Gasteiger partial charge >= 0.3 is 5.97 Å². The predicted octanol–water partition coefficient (Wildman–Crippen LogP) is 4.83. The van der Waals surface area contributed by atoms with Crippen molar-refractivity contribution in [1.29, 1.82) is 0 Å². The first-order chi connectivity index (χ1) is 17.7.